The van der Waals surface area contributed by atoms with E-state index in [0.717, 1.165) is 30.0 Å². The van der Waals surface area contributed by atoms with Crippen molar-refractivity contribution in [3.05, 3.63) is 47.5 Å². The molecule has 0 bridgehead atoms. The molecule has 0 aliphatic rings. The largest absolute Gasteiger partial charge is 0.496 e. The van der Waals surface area contributed by atoms with E-state index in [2.05, 4.69) is 28.6 Å². The molecule has 1 aromatic carbocycles. The fourth-order valence-electron chi connectivity index (χ4n) is 2.02. The van der Waals surface area contributed by atoms with Crippen LogP contribution in [0.25, 0.3) is 0 Å². The van der Waals surface area contributed by atoms with Gasteiger partial charge < -0.3 is 15.0 Å². The Morgan fingerprint density at radius 1 is 1.39 bits per heavy atom. The van der Waals surface area contributed by atoms with Crippen LogP contribution >= 0.6 is 0 Å². The highest BCUT2D eigenvalue weighted by Crippen LogP contribution is 2.19. The number of hydrogen-bond acceptors (Lipinski definition) is 3. The molecule has 1 aromatic heterocycles. The first kappa shape index (κ1) is 12.6. The predicted octanol–water partition coefficient (Wildman–Crippen LogP) is 1.75. The van der Waals surface area contributed by atoms with Crippen LogP contribution in [0.3, 0.4) is 0 Å². The first-order valence-electron chi connectivity index (χ1n) is 6.07. The number of nitrogens with two attached hydrogens (primary N) is 1. The molecule has 1 heterocycles. The van der Waals surface area contributed by atoms with Crippen molar-refractivity contribution in [2.24, 2.45) is 5.73 Å². The third-order valence-corrected chi connectivity index (χ3v) is 2.91. The van der Waals surface area contributed by atoms with Gasteiger partial charge in [0.2, 0.25) is 0 Å². The van der Waals surface area contributed by atoms with Crippen LogP contribution in [-0.4, -0.2) is 23.2 Å². The number of hydrogen-bond donors (Lipinski definition) is 1. The van der Waals surface area contributed by atoms with Gasteiger partial charge in [0.15, 0.2) is 0 Å². The molecule has 2 N–H and O–H groups in total. The zero-order chi connectivity index (χ0) is 13.0. The quantitative estimate of drug-likeness (QED) is 0.873. The Labute approximate surface area is 107 Å². The van der Waals surface area contributed by atoms with Crippen LogP contribution < -0.4 is 10.5 Å². The minimum absolute atomic E-state index is 0.638. The average Bonchev–Trinajstić information content (AvgIpc) is 2.77. The van der Waals surface area contributed by atoms with Gasteiger partial charge in [-0.1, -0.05) is 12.1 Å². The maximum Gasteiger partial charge on any atom is 0.121 e. The number of benzene rings is 1. The molecule has 0 fully saturated rings. The van der Waals surface area contributed by atoms with Crippen molar-refractivity contribution in [1.29, 1.82) is 0 Å². The van der Waals surface area contributed by atoms with E-state index < -0.39 is 0 Å². The number of nitrogens with zero attached hydrogens (tertiary/aromatic N) is 2. The summed E-state index contributed by atoms with van der Waals surface area (Å²) in [6.07, 6.45) is 4.73. The van der Waals surface area contributed by atoms with Crippen molar-refractivity contribution in [3.63, 3.8) is 0 Å². The lowest BCUT2D eigenvalue weighted by Crippen LogP contribution is -2.03. The number of imidazole rings is 1. The number of methoxy groups -OCH3 is 1. The highest BCUT2D eigenvalue weighted by molar-refractivity contribution is 5.36. The second-order valence-corrected chi connectivity index (χ2v) is 4.38. The molecule has 18 heavy (non-hydrogen) atoms. The minimum atomic E-state index is 0.638. The third-order valence-electron chi connectivity index (χ3n) is 2.91. The topological polar surface area (TPSA) is 53.1 Å². The Hall–Kier alpha value is -1.81. The molecule has 0 aliphatic carbocycles. The van der Waals surface area contributed by atoms with E-state index >= 15 is 0 Å². The molecule has 0 amide bonds. The highest BCUT2D eigenvalue weighted by Gasteiger charge is 2.02. The SMILES string of the molecule is COc1ccc(Cn2cnc(CCN)c2)cc1C. The Balaban J connectivity index is 2.10. The lowest BCUT2D eigenvalue weighted by atomic mass is 10.1. The van der Waals surface area contributed by atoms with Crippen LogP contribution in [0, 0.1) is 6.92 Å². The van der Waals surface area contributed by atoms with E-state index in [1.165, 1.54) is 5.56 Å². The maximum absolute atomic E-state index is 5.51. The highest BCUT2D eigenvalue weighted by atomic mass is 16.5. The summed E-state index contributed by atoms with van der Waals surface area (Å²) in [7, 11) is 1.69. The van der Waals surface area contributed by atoms with Gasteiger partial charge in [0.1, 0.15) is 5.75 Å². The van der Waals surface area contributed by atoms with E-state index in [9.17, 15) is 0 Å². The van der Waals surface area contributed by atoms with Crippen LogP contribution in [0.4, 0.5) is 0 Å². The second-order valence-electron chi connectivity index (χ2n) is 4.38. The summed E-state index contributed by atoms with van der Waals surface area (Å²) in [5.74, 6) is 0.924. The predicted molar refractivity (Wildman–Crippen MR) is 71.8 cm³/mol. The Morgan fingerprint density at radius 3 is 2.89 bits per heavy atom. The Morgan fingerprint density at radius 2 is 2.22 bits per heavy atom. The summed E-state index contributed by atoms with van der Waals surface area (Å²) in [6.45, 7) is 3.51. The Kier molecular flexibility index (Phi) is 3.99. The van der Waals surface area contributed by atoms with Crippen molar-refractivity contribution < 1.29 is 4.74 Å². The van der Waals surface area contributed by atoms with Gasteiger partial charge >= 0.3 is 0 Å². The summed E-state index contributed by atoms with van der Waals surface area (Å²) >= 11 is 0. The normalized spacial score (nSPS) is 10.6. The molecule has 2 rings (SSSR count). The average molecular weight is 245 g/mol. The van der Waals surface area contributed by atoms with Crippen molar-refractivity contribution in [2.75, 3.05) is 13.7 Å². The van der Waals surface area contributed by atoms with Crippen molar-refractivity contribution in [3.8, 4) is 5.75 Å². The van der Waals surface area contributed by atoms with Gasteiger partial charge in [0.05, 0.1) is 19.1 Å². The first-order valence-corrected chi connectivity index (χ1v) is 6.07. The van der Waals surface area contributed by atoms with Gasteiger partial charge in [-0.05, 0) is 30.7 Å². The van der Waals surface area contributed by atoms with Crippen LogP contribution in [0.15, 0.2) is 30.7 Å². The molecule has 2 aromatic rings. The van der Waals surface area contributed by atoms with E-state index in [-0.39, 0.29) is 0 Å². The van der Waals surface area contributed by atoms with Crippen LogP contribution in [0.2, 0.25) is 0 Å². The van der Waals surface area contributed by atoms with E-state index in [0.29, 0.717) is 6.54 Å². The van der Waals surface area contributed by atoms with Gasteiger partial charge in [0, 0.05) is 19.2 Å². The molecule has 0 aliphatic heterocycles. The number of rotatable bonds is 5. The van der Waals surface area contributed by atoms with Crippen LogP contribution in [-0.2, 0) is 13.0 Å². The fraction of sp³-hybridized carbons (Fsp3) is 0.357. The molecule has 0 radical (unpaired) electrons. The zero-order valence-electron chi connectivity index (χ0n) is 10.9. The van der Waals surface area contributed by atoms with Gasteiger partial charge in [-0.2, -0.15) is 0 Å². The van der Waals surface area contributed by atoms with Crippen molar-refractivity contribution >= 4 is 0 Å². The fourth-order valence-corrected chi connectivity index (χ4v) is 2.02. The summed E-state index contributed by atoms with van der Waals surface area (Å²) in [5, 5.41) is 0. The number of aromatic nitrogens is 2. The van der Waals surface area contributed by atoms with Gasteiger partial charge in [-0.25, -0.2) is 4.98 Å². The standard InChI is InChI=1S/C14H19N3O/c1-11-7-12(3-4-14(11)18-2)8-17-9-13(5-6-15)16-10-17/h3-4,7,9-10H,5-6,8,15H2,1-2H3. The van der Waals surface area contributed by atoms with E-state index in [1.807, 2.05) is 18.6 Å². The zero-order valence-corrected chi connectivity index (χ0v) is 10.9. The molecule has 0 spiro atoms. The lowest BCUT2D eigenvalue weighted by molar-refractivity contribution is 0.411. The Bertz CT molecular complexity index is 520. The monoisotopic (exact) mass is 245 g/mol. The smallest absolute Gasteiger partial charge is 0.121 e. The van der Waals surface area contributed by atoms with Crippen LogP contribution in [0.1, 0.15) is 16.8 Å². The van der Waals surface area contributed by atoms with Gasteiger partial charge in [-0.3, -0.25) is 0 Å². The molecule has 0 saturated carbocycles. The molecule has 96 valence electrons. The summed E-state index contributed by atoms with van der Waals surface area (Å²) in [5.41, 5.74) is 8.95. The van der Waals surface area contributed by atoms with Gasteiger partial charge in [0.25, 0.3) is 0 Å². The first-order chi connectivity index (χ1) is 8.72. The summed E-state index contributed by atoms with van der Waals surface area (Å²) in [4.78, 5) is 4.32. The molecule has 0 saturated heterocycles. The number of ether oxygens (including phenoxy) is 1. The molecular weight excluding hydrogens is 226 g/mol. The third kappa shape index (κ3) is 2.90. The van der Waals surface area contributed by atoms with Crippen molar-refractivity contribution in [2.45, 2.75) is 19.9 Å². The second kappa shape index (κ2) is 5.69. The van der Waals surface area contributed by atoms with Crippen LogP contribution in [0.5, 0.6) is 5.75 Å². The summed E-state index contributed by atoms with van der Waals surface area (Å²) in [6, 6.07) is 6.22. The maximum atomic E-state index is 5.51. The number of aryl methyl sites for hydroxylation is 1. The van der Waals surface area contributed by atoms with Gasteiger partial charge in [-0.15, -0.1) is 0 Å². The molecule has 0 unspecified atom stereocenters. The molecular formula is C14H19N3O. The minimum Gasteiger partial charge on any atom is -0.496 e. The summed E-state index contributed by atoms with van der Waals surface area (Å²) < 4.78 is 7.33. The van der Waals surface area contributed by atoms with E-state index in [4.69, 9.17) is 10.5 Å². The lowest BCUT2D eigenvalue weighted by Gasteiger charge is -2.07. The van der Waals surface area contributed by atoms with Crippen molar-refractivity contribution in [1.82, 2.24) is 9.55 Å². The molecule has 4 nitrogen and oxygen atoms in total. The van der Waals surface area contributed by atoms with E-state index in [1.54, 1.807) is 7.11 Å². The molecule has 4 heteroatoms. The molecule has 0 atom stereocenters.